The average molecular weight is 354 g/mol. The minimum absolute atomic E-state index is 0.0809. The van der Waals surface area contributed by atoms with Gasteiger partial charge in [0.1, 0.15) is 5.75 Å². The molecular weight excluding hydrogens is 336 g/mol. The number of allylic oxidation sites excluding steroid dienone is 1. The number of amides is 1. The van der Waals surface area contributed by atoms with Crippen molar-refractivity contribution in [2.45, 2.75) is 6.54 Å². The monoisotopic (exact) mass is 354 g/mol. The number of hydrogen-bond donors (Lipinski definition) is 2. The minimum atomic E-state index is -0.400. The van der Waals surface area contributed by atoms with Crippen LogP contribution in [0.1, 0.15) is 11.1 Å². The van der Waals surface area contributed by atoms with Crippen LogP contribution in [0.3, 0.4) is 0 Å². The lowest BCUT2D eigenvalue weighted by atomic mass is 10.2. The highest BCUT2D eigenvalue weighted by Crippen LogP contribution is 2.12. The van der Waals surface area contributed by atoms with Crippen molar-refractivity contribution in [1.29, 1.82) is 0 Å². The second-order valence-corrected chi connectivity index (χ2v) is 5.12. The molecule has 8 heteroatoms. The van der Waals surface area contributed by atoms with Gasteiger partial charge in [-0.3, -0.25) is 4.79 Å². The van der Waals surface area contributed by atoms with E-state index in [0.717, 1.165) is 5.56 Å². The molecule has 0 fully saturated rings. The molecule has 0 saturated heterocycles. The number of nitrogens with zero attached hydrogens (tertiary/aromatic N) is 3. The van der Waals surface area contributed by atoms with Gasteiger partial charge < -0.3 is 15.2 Å². The van der Waals surface area contributed by atoms with Gasteiger partial charge in [-0.1, -0.05) is 41.3 Å². The molecule has 0 saturated carbocycles. The molecule has 0 aliphatic heterocycles. The third-order valence-electron chi connectivity index (χ3n) is 3.15. The smallest absolute Gasteiger partial charge is 0.277 e. The first-order chi connectivity index (χ1) is 12.7. The summed E-state index contributed by atoms with van der Waals surface area (Å²) in [5.41, 5.74) is 4.03. The molecule has 2 aromatic carbocycles. The van der Waals surface area contributed by atoms with Gasteiger partial charge in [-0.05, 0) is 35.9 Å². The Kier molecular flexibility index (Phi) is 7.35. The first-order valence-corrected chi connectivity index (χ1v) is 7.72. The number of nitrogens with one attached hydrogen (secondary N) is 1. The van der Waals surface area contributed by atoms with Crippen LogP contribution >= 0.6 is 0 Å². The van der Waals surface area contributed by atoms with Gasteiger partial charge in [0.15, 0.2) is 11.9 Å². The molecule has 134 valence electrons. The summed E-state index contributed by atoms with van der Waals surface area (Å²) in [6, 6.07) is 16.2. The van der Waals surface area contributed by atoms with Crippen LogP contribution in [0.15, 0.2) is 71.1 Å². The van der Waals surface area contributed by atoms with Crippen molar-refractivity contribution in [3.8, 4) is 5.75 Å². The second kappa shape index (κ2) is 10.2. The fourth-order valence-electron chi connectivity index (χ4n) is 1.93. The fourth-order valence-corrected chi connectivity index (χ4v) is 1.93. The van der Waals surface area contributed by atoms with Crippen molar-refractivity contribution < 1.29 is 19.6 Å². The zero-order valence-corrected chi connectivity index (χ0v) is 13.9. The Morgan fingerprint density at radius 3 is 2.62 bits per heavy atom. The predicted octanol–water partition coefficient (Wildman–Crippen LogP) is 2.73. The summed E-state index contributed by atoms with van der Waals surface area (Å²) < 4.78 is 5.31. The van der Waals surface area contributed by atoms with E-state index in [1.54, 1.807) is 30.3 Å². The molecule has 1 amide bonds. The van der Waals surface area contributed by atoms with Gasteiger partial charge >= 0.3 is 0 Å². The maximum absolute atomic E-state index is 11.6. The molecular formula is C18H18N4O4. The third-order valence-corrected chi connectivity index (χ3v) is 3.15. The summed E-state index contributed by atoms with van der Waals surface area (Å²) in [4.78, 5) is 11.8. The first-order valence-electron chi connectivity index (χ1n) is 7.72. The summed E-state index contributed by atoms with van der Waals surface area (Å²) >= 11 is 0. The third kappa shape index (κ3) is 6.83. The average Bonchev–Trinajstić information content (AvgIpc) is 2.68. The topological polar surface area (TPSA) is 109 Å². The van der Waals surface area contributed by atoms with Gasteiger partial charge in [-0.2, -0.15) is 5.10 Å². The van der Waals surface area contributed by atoms with Crippen molar-refractivity contribution >= 4 is 18.2 Å². The van der Waals surface area contributed by atoms with E-state index in [2.05, 4.69) is 15.8 Å². The van der Waals surface area contributed by atoms with Crippen LogP contribution in [0.5, 0.6) is 5.75 Å². The number of rotatable bonds is 8. The van der Waals surface area contributed by atoms with E-state index in [4.69, 9.17) is 9.94 Å². The van der Waals surface area contributed by atoms with Crippen LogP contribution in [0.25, 0.3) is 6.08 Å². The summed E-state index contributed by atoms with van der Waals surface area (Å²) in [5, 5.41) is 25.5. The fraction of sp³-hybridized carbons (Fsp3) is 0.111. The number of hydroxylamine groups is 1. The van der Waals surface area contributed by atoms with E-state index >= 15 is 0 Å². The van der Waals surface area contributed by atoms with Crippen molar-refractivity contribution in [1.82, 2.24) is 5.43 Å². The summed E-state index contributed by atoms with van der Waals surface area (Å²) in [5.74, 6) is 0.0680. The molecule has 2 rings (SSSR count). The number of hydrogen-bond acceptors (Lipinski definition) is 5. The Bertz CT molecular complexity index is 787. The van der Waals surface area contributed by atoms with Crippen LogP contribution in [0.4, 0.5) is 0 Å². The van der Waals surface area contributed by atoms with Crippen LogP contribution < -0.4 is 10.2 Å². The van der Waals surface area contributed by atoms with Gasteiger partial charge in [0.25, 0.3) is 5.91 Å². The minimum Gasteiger partial charge on any atom is -0.597 e. The second-order valence-electron chi connectivity index (χ2n) is 5.12. The van der Waals surface area contributed by atoms with Gasteiger partial charge in [0.05, 0.1) is 0 Å². The van der Waals surface area contributed by atoms with Crippen molar-refractivity contribution in [2.75, 3.05) is 6.61 Å². The Labute approximate surface area is 150 Å². The van der Waals surface area contributed by atoms with E-state index < -0.39 is 5.91 Å². The van der Waals surface area contributed by atoms with E-state index in [1.807, 2.05) is 36.4 Å². The molecule has 26 heavy (non-hydrogen) atoms. The Morgan fingerprint density at radius 1 is 1.19 bits per heavy atom. The van der Waals surface area contributed by atoms with E-state index in [-0.39, 0.29) is 18.0 Å². The highest BCUT2D eigenvalue weighted by Gasteiger charge is 2.03. The zero-order valence-electron chi connectivity index (χ0n) is 13.9. The maximum atomic E-state index is 11.6. The van der Waals surface area contributed by atoms with Gasteiger partial charge in [0, 0.05) is 11.8 Å². The van der Waals surface area contributed by atoms with E-state index in [0.29, 0.717) is 11.3 Å². The number of benzene rings is 2. The van der Waals surface area contributed by atoms with Crippen LogP contribution in [-0.2, 0) is 11.3 Å². The summed E-state index contributed by atoms with van der Waals surface area (Å²) in [6.07, 6.45) is 5.05. The molecule has 0 spiro atoms. The molecule has 0 atom stereocenters. The molecule has 0 bridgehead atoms. The molecule has 0 aliphatic carbocycles. The number of hydrazone groups is 1. The molecule has 0 aliphatic rings. The van der Waals surface area contributed by atoms with Crippen molar-refractivity contribution in [3.05, 3.63) is 77.0 Å². The van der Waals surface area contributed by atoms with Crippen LogP contribution in [0, 0.1) is 5.21 Å². The number of carbonyl (C=O) groups excluding carboxylic acids is 1. The first kappa shape index (κ1) is 18.7. The maximum Gasteiger partial charge on any atom is 0.277 e. The Balaban J connectivity index is 1.71. The molecule has 8 nitrogen and oxygen atoms in total. The number of ether oxygens (including phenoxy) is 1. The standard InChI is InChI=1S/C18H18N4O4/c23-18(20-19-12-4-7-15-5-2-1-3-6-15)14-26-17-10-8-16(9-11-17)13-22(25)21-24/h1-12,24H,13-14H2,(H,20,23)/b7-4+,19-12?,22-21?. The van der Waals surface area contributed by atoms with E-state index in [9.17, 15) is 10.0 Å². The Hall–Kier alpha value is -3.68. The quantitative estimate of drug-likeness (QED) is 0.329. The van der Waals surface area contributed by atoms with E-state index in [1.165, 1.54) is 6.21 Å². The molecule has 2 N–H and O–H groups in total. The van der Waals surface area contributed by atoms with Gasteiger partial charge in [-0.25, -0.2) is 5.43 Å². The van der Waals surface area contributed by atoms with Crippen LogP contribution in [-0.4, -0.2) is 28.8 Å². The lowest BCUT2D eigenvalue weighted by molar-refractivity contribution is -0.570. The highest BCUT2D eigenvalue weighted by atomic mass is 16.6. The molecule has 0 heterocycles. The largest absolute Gasteiger partial charge is 0.597 e. The summed E-state index contributed by atoms with van der Waals surface area (Å²) in [7, 11) is 0. The van der Waals surface area contributed by atoms with Gasteiger partial charge in [-0.15, -0.1) is 0 Å². The van der Waals surface area contributed by atoms with Gasteiger partial charge in [0.2, 0.25) is 6.54 Å². The molecule has 0 unspecified atom stereocenters. The van der Waals surface area contributed by atoms with Crippen molar-refractivity contribution in [2.24, 2.45) is 10.4 Å². The Morgan fingerprint density at radius 2 is 1.92 bits per heavy atom. The normalized spacial score (nSPS) is 11.8. The molecule has 2 aromatic rings. The lowest BCUT2D eigenvalue weighted by Crippen LogP contribution is -2.24. The summed E-state index contributed by atoms with van der Waals surface area (Å²) in [6.45, 7) is -0.277. The van der Waals surface area contributed by atoms with Crippen LogP contribution in [0.2, 0.25) is 0 Å². The SMILES string of the molecule is O=C(COc1ccc(C[N+]([O-])=NO)cc1)NN=C/C=C/c1ccccc1. The molecule has 0 radical (unpaired) electrons. The highest BCUT2D eigenvalue weighted by molar-refractivity contribution is 5.81. The van der Waals surface area contributed by atoms with Crippen molar-refractivity contribution in [3.63, 3.8) is 0 Å². The predicted molar refractivity (Wildman–Crippen MR) is 95.6 cm³/mol. The lowest BCUT2D eigenvalue weighted by Gasteiger charge is -2.05. The zero-order chi connectivity index (χ0) is 18.6. The number of carbonyl (C=O) groups is 1. The molecule has 0 aromatic heterocycles.